The molecule has 4 rings (SSSR count). The van der Waals surface area contributed by atoms with Crippen molar-refractivity contribution in [3.05, 3.63) is 69.7 Å². The van der Waals surface area contributed by atoms with Crippen molar-refractivity contribution in [2.75, 3.05) is 18.4 Å². The van der Waals surface area contributed by atoms with Gasteiger partial charge in [0.1, 0.15) is 17.8 Å². The summed E-state index contributed by atoms with van der Waals surface area (Å²) in [6.07, 6.45) is 3.50. The van der Waals surface area contributed by atoms with Gasteiger partial charge < -0.3 is 19.8 Å². The summed E-state index contributed by atoms with van der Waals surface area (Å²) in [7, 11) is 1.42. The molecular weight excluding hydrogens is 452 g/mol. The average molecular weight is 473 g/mol. The molecule has 178 valence electrons. The van der Waals surface area contributed by atoms with Gasteiger partial charge in [0.15, 0.2) is 17.3 Å². The van der Waals surface area contributed by atoms with Crippen molar-refractivity contribution in [3.63, 3.8) is 0 Å². The summed E-state index contributed by atoms with van der Waals surface area (Å²) in [5.41, 5.74) is -0.691. The molecule has 1 unspecified atom stereocenters. The van der Waals surface area contributed by atoms with Crippen molar-refractivity contribution in [1.29, 1.82) is 0 Å². The molecular formula is C22H21F2N5O5. The van der Waals surface area contributed by atoms with Gasteiger partial charge in [-0.2, -0.15) is 0 Å². The number of nitrogens with one attached hydrogen (secondary N) is 1. The number of nitrogens with zero attached hydrogens (tertiary/aromatic N) is 4. The van der Waals surface area contributed by atoms with Crippen LogP contribution in [0.1, 0.15) is 40.6 Å². The molecule has 0 radical (unpaired) electrons. The van der Waals surface area contributed by atoms with E-state index in [1.807, 2.05) is 0 Å². The standard InChI is InChI=1S/C22H21F2N5O5/c1-28-20(27-18(19(31)22(28)33)21(32)26-14-9-25-34-11-14)13-3-2-6-29(10-13)17(30)8-12-4-5-15(23)16(24)7-12/h4-5,7,9,11,13,31H,2-3,6,8,10H2,1H3,(H,26,32). The van der Waals surface area contributed by atoms with Crippen LogP contribution in [-0.4, -0.2) is 49.6 Å². The van der Waals surface area contributed by atoms with Crippen molar-refractivity contribution < 1.29 is 28.0 Å². The van der Waals surface area contributed by atoms with E-state index < -0.39 is 34.5 Å². The zero-order valence-corrected chi connectivity index (χ0v) is 18.1. The molecule has 0 aliphatic carbocycles. The van der Waals surface area contributed by atoms with E-state index in [1.54, 1.807) is 4.90 Å². The molecule has 12 heteroatoms. The fourth-order valence-corrected chi connectivity index (χ4v) is 3.94. The number of amides is 2. The number of halogens is 2. The lowest BCUT2D eigenvalue weighted by molar-refractivity contribution is -0.131. The first-order valence-corrected chi connectivity index (χ1v) is 10.5. The van der Waals surface area contributed by atoms with Crippen LogP contribution < -0.4 is 10.9 Å². The van der Waals surface area contributed by atoms with E-state index in [4.69, 9.17) is 0 Å². The monoisotopic (exact) mass is 473 g/mol. The molecule has 0 spiro atoms. The number of piperidine rings is 1. The number of anilines is 1. The molecule has 10 nitrogen and oxygen atoms in total. The van der Waals surface area contributed by atoms with Crippen LogP contribution in [0, 0.1) is 11.6 Å². The molecule has 0 bridgehead atoms. The van der Waals surface area contributed by atoms with Gasteiger partial charge in [-0.25, -0.2) is 13.8 Å². The maximum atomic E-state index is 13.5. The van der Waals surface area contributed by atoms with Gasteiger partial charge in [0, 0.05) is 26.1 Å². The summed E-state index contributed by atoms with van der Waals surface area (Å²) in [5, 5.41) is 16.1. The maximum Gasteiger partial charge on any atom is 0.296 e. The lowest BCUT2D eigenvalue weighted by atomic mass is 9.96. The van der Waals surface area contributed by atoms with E-state index in [9.17, 15) is 28.3 Å². The Morgan fingerprint density at radius 1 is 1.29 bits per heavy atom. The van der Waals surface area contributed by atoms with Gasteiger partial charge in [-0.05, 0) is 30.5 Å². The first kappa shape index (κ1) is 23.1. The van der Waals surface area contributed by atoms with E-state index in [0.717, 1.165) is 16.7 Å². The van der Waals surface area contributed by atoms with Crippen LogP contribution in [0.15, 0.2) is 40.0 Å². The molecule has 1 aromatic carbocycles. The van der Waals surface area contributed by atoms with Crippen LogP contribution in [0.4, 0.5) is 14.5 Å². The molecule has 2 N–H and O–H groups in total. The molecule has 2 amide bonds. The summed E-state index contributed by atoms with van der Waals surface area (Å²) >= 11 is 0. The number of carbonyl (C=O) groups excluding carboxylic acids is 2. The van der Waals surface area contributed by atoms with Gasteiger partial charge >= 0.3 is 0 Å². The normalized spacial score (nSPS) is 15.9. The van der Waals surface area contributed by atoms with E-state index in [0.29, 0.717) is 24.9 Å². The van der Waals surface area contributed by atoms with Crippen molar-refractivity contribution in [2.45, 2.75) is 25.2 Å². The molecule has 0 saturated carbocycles. The number of benzene rings is 1. The topological polar surface area (TPSA) is 131 Å². The highest BCUT2D eigenvalue weighted by molar-refractivity contribution is 6.04. The number of hydrogen-bond donors (Lipinski definition) is 2. The highest BCUT2D eigenvalue weighted by Crippen LogP contribution is 2.27. The second-order valence-electron chi connectivity index (χ2n) is 8.00. The zero-order chi connectivity index (χ0) is 24.4. The summed E-state index contributed by atoms with van der Waals surface area (Å²) < 4.78 is 32.4. The number of carbonyl (C=O) groups is 2. The largest absolute Gasteiger partial charge is 0.501 e. The van der Waals surface area contributed by atoms with Gasteiger partial charge in [-0.3, -0.25) is 19.0 Å². The Bertz CT molecular complexity index is 1290. The average Bonchev–Trinajstić information content (AvgIpc) is 3.33. The Morgan fingerprint density at radius 3 is 2.79 bits per heavy atom. The number of aromatic hydroxyl groups is 1. The highest BCUT2D eigenvalue weighted by Gasteiger charge is 2.30. The first-order valence-electron chi connectivity index (χ1n) is 10.5. The lowest BCUT2D eigenvalue weighted by Gasteiger charge is -2.33. The number of likely N-dealkylation sites (tertiary alicyclic amines) is 1. The van der Waals surface area contributed by atoms with Crippen LogP contribution in [-0.2, 0) is 18.3 Å². The molecule has 2 aromatic heterocycles. The molecule has 3 aromatic rings. The van der Waals surface area contributed by atoms with Crippen molar-refractivity contribution in [2.24, 2.45) is 7.05 Å². The lowest BCUT2D eigenvalue weighted by Crippen LogP contribution is -2.41. The summed E-state index contributed by atoms with van der Waals surface area (Å²) in [4.78, 5) is 43.8. The zero-order valence-electron chi connectivity index (χ0n) is 18.1. The van der Waals surface area contributed by atoms with Gasteiger partial charge in [0.05, 0.1) is 12.6 Å². The van der Waals surface area contributed by atoms with Crippen LogP contribution in [0.5, 0.6) is 5.75 Å². The van der Waals surface area contributed by atoms with Crippen LogP contribution >= 0.6 is 0 Å². The van der Waals surface area contributed by atoms with E-state index in [-0.39, 0.29) is 36.3 Å². The first-order chi connectivity index (χ1) is 16.2. The van der Waals surface area contributed by atoms with Gasteiger partial charge in [0.25, 0.3) is 11.5 Å². The quantitative estimate of drug-likeness (QED) is 0.579. The Kier molecular flexibility index (Phi) is 6.39. The second-order valence-corrected chi connectivity index (χ2v) is 8.00. The minimum Gasteiger partial charge on any atom is -0.501 e. The highest BCUT2D eigenvalue weighted by atomic mass is 19.2. The maximum absolute atomic E-state index is 13.5. The summed E-state index contributed by atoms with van der Waals surface area (Å²) in [6, 6.07) is 3.31. The smallest absolute Gasteiger partial charge is 0.296 e. The SMILES string of the molecule is Cn1c(C2CCCN(C(=O)Cc3ccc(F)c(F)c3)C2)nc(C(=O)Nc2cnoc2)c(O)c1=O. The molecule has 1 saturated heterocycles. The molecule has 3 heterocycles. The Morgan fingerprint density at radius 2 is 2.09 bits per heavy atom. The van der Waals surface area contributed by atoms with Crippen molar-refractivity contribution in [1.82, 2.24) is 19.6 Å². The van der Waals surface area contributed by atoms with Crippen LogP contribution in [0.2, 0.25) is 0 Å². The number of rotatable bonds is 5. The Hall–Kier alpha value is -4.09. The van der Waals surface area contributed by atoms with E-state index >= 15 is 0 Å². The third kappa shape index (κ3) is 4.65. The Balaban J connectivity index is 1.55. The number of aromatic nitrogens is 3. The third-order valence-electron chi connectivity index (χ3n) is 5.69. The van der Waals surface area contributed by atoms with Gasteiger partial charge in [-0.15, -0.1) is 0 Å². The second kappa shape index (κ2) is 9.41. The predicted octanol–water partition coefficient (Wildman–Crippen LogP) is 1.95. The molecule has 1 aliphatic heterocycles. The minimum absolute atomic E-state index is 0.113. The van der Waals surface area contributed by atoms with E-state index in [2.05, 4.69) is 20.0 Å². The Labute approximate surface area is 191 Å². The van der Waals surface area contributed by atoms with Crippen molar-refractivity contribution >= 4 is 17.5 Å². The molecule has 1 fully saturated rings. The van der Waals surface area contributed by atoms with Crippen molar-refractivity contribution in [3.8, 4) is 5.75 Å². The molecule has 1 aliphatic rings. The third-order valence-corrected chi connectivity index (χ3v) is 5.69. The van der Waals surface area contributed by atoms with E-state index in [1.165, 1.54) is 25.6 Å². The predicted molar refractivity (Wildman–Crippen MR) is 114 cm³/mol. The number of hydrogen-bond acceptors (Lipinski definition) is 7. The summed E-state index contributed by atoms with van der Waals surface area (Å²) in [5.74, 6) is -4.07. The molecule has 34 heavy (non-hydrogen) atoms. The summed E-state index contributed by atoms with van der Waals surface area (Å²) in [6.45, 7) is 0.659. The van der Waals surface area contributed by atoms with Crippen LogP contribution in [0.3, 0.4) is 0 Å². The van der Waals surface area contributed by atoms with Crippen LogP contribution in [0.25, 0.3) is 0 Å². The van der Waals surface area contributed by atoms with Gasteiger partial charge in [0.2, 0.25) is 11.7 Å². The fourth-order valence-electron chi connectivity index (χ4n) is 3.94. The van der Waals surface area contributed by atoms with Gasteiger partial charge in [-0.1, -0.05) is 11.2 Å². The molecule has 1 atom stereocenters. The minimum atomic E-state index is -1.03. The fraction of sp³-hybridized carbons (Fsp3) is 0.318.